The van der Waals surface area contributed by atoms with E-state index in [1.165, 1.54) is 5.46 Å². The number of ether oxygens (including phenoxy) is 1. The molecule has 6 heteroatoms. The van der Waals surface area contributed by atoms with Crippen LogP contribution in [-0.4, -0.2) is 15.0 Å². The minimum atomic E-state index is 0. The molecule has 0 unspecified atom stereocenters. The zero-order valence-corrected chi connectivity index (χ0v) is 7.35. The maximum Gasteiger partial charge on any atom is 0.139 e. The van der Waals surface area contributed by atoms with E-state index in [4.69, 9.17) is 4.74 Å². The van der Waals surface area contributed by atoms with Gasteiger partial charge in [0.2, 0.25) is 0 Å². The first kappa shape index (κ1) is 22.6. The lowest BCUT2D eigenvalue weighted by atomic mass is 9.97. The number of hydrogen-bond acceptors (Lipinski definition) is 1. The van der Waals surface area contributed by atoms with Crippen LogP contribution in [0, 0.1) is 0 Å². The van der Waals surface area contributed by atoms with Gasteiger partial charge in [0.1, 0.15) is 13.6 Å². The number of rotatable bonds is 1. The van der Waals surface area contributed by atoms with Gasteiger partial charge in [0.15, 0.2) is 0 Å². The normalized spacial score (nSPS) is 6.23. The van der Waals surface area contributed by atoms with E-state index in [0.717, 1.165) is 5.75 Å². The highest BCUT2D eigenvalue weighted by atomic mass is 19.0. The van der Waals surface area contributed by atoms with Gasteiger partial charge in [-0.05, 0) is 12.1 Å². The van der Waals surface area contributed by atoms with E-state index in [0.29, 0.717) is 0 Å². The third-order valence-corrected chi connectivity index (χ3v) is 1.26. The third kappa shape index (κ3) is 7.18. The molecule has 1 aromatic carbocycles. The summed E-state index contributed by atoms with van der Waals surface area (Å²) in [6, 6.07) is 7.96. The van der Waals surface area contributed by atoms with Crippen molar-refractivity contribution < 1.29 is 23.6 Å². The van der Waals surface area contributed by atoms with Gasteiger partial charge < -0.3 is 4.74 Å². The first-order valence-corrected chi connectivity index (χ1v) is 2.93. The van der Waals surface area contributed by atoms with Gasteiger partial charge in [-0.25, -0.2) is 0 Å². The summed E-state index contributed by atoms with van der Waals surface area (Å²) >= 11 is 0. The second-order valence-electron chi connectivity index (χ2n) is 2.02. The second-order valence-corrected chi connectivity index (χ2v) is 2.02. The van der Waals surface area contributed by atoms with Gasteiger partial charge >= 0.3 is 0 Å². The van der Waals surface area contributed by atoms with Crippen LogP contribution in [0.2, 0.25) is 0 Å². The molecule has 0 saturated carbocycles. The lowest BCUT2D eigenvalue weighted by Crippen LogP contribution is -1.99. The van der Waals surface area contributed by atoms with Crippen LogP contribution in [0.15, 0.2) is 24.3 Å². The fraction of sp³-hybridized carbons (Fsp3) is 0.143. The Morgan fingerprint density at radius 1 is 0.923 bits per heavy atom. The monoisotopic (exact) mass is 200 g/mol. The number of halogens is 4. The zero-order chi connectivity index (χ0) is 6.69. The van der Waals surface area contributed by atoms with Crippen molar-refractivity contribution in [2.24, 2.45) is 0 Å². The first-order valence-electron chi connectivity index (χ1n) is 2.93. The zero-order valence-electron chi connectivity index (χ0n) is 7.35. The molecule has 0 spiro atoms. The van der Waals surface area contributed by atoms with Crippen LogP contribution in [0.4, 0.5) is 18.8 Å². The van der Waals surface area contributed by atoms with E-state index in [-0.39, 0.29) is 18.8 Å². The van der Waals surface area contributed by atoms with E-state index >= 15 is 0 Å². The summed E-state index contributed by atoms with van der Waals surface area (Å²) in [5, 5.41) is 0. The molecule has 0 aliphatic carbocycles. The molecule has 1 nitrogen and oxygen atoms in total. The van der Waals surface area contributed by atoms with E-state index in [1.807, 2.05) is 24.3 Å². The van der Waals surface area contributed by atoms with Gasteiger partial charge in [-0.3, -0.25) is 18.8 Å². The Kier molecular flexibility index (Phi) is 18.8. The molecule has 0 aromatic heterocycles. The van der Waals surface area contributed by atoms with Crippen molar-refractivity contribution in [3.63, 3.8) is 0 Å². The molecule has 1 rings (SSSR count). The Bertz CT molecular complexity index is 192. The molecule has 0 aliphatic rings. The van der Waals surface area contributed by atoms with Crippen molar-refractivity contribution in [2.45, 2.75) is 0 Å². The average molecular weight is 200 g/mol. The molecule has 0 saturated heterocycles. The summed E-state index contributed by atoms with van der Waals surface area (Å²) in [5.41, 5.74) is 1.26. The highest BCUT2D eigenvalue weighted by Crippen LogP contribution is 2.04. The molecule has 13 heavy (non-hydrogen) atoms. The molecule has 0 N–H and O–H groups in total. The van der Waals surface area contributed by atoms with Gasteiger partial charge in [0, 0.05) is 0 Å². The fourth-order valence-electron chi connectivity index (χ4n) is 0.674. The minimum absolute atomic E-state index is 0. The summed E-state index contributed by atoms with van der Waals surface area (Å²) in [6.45, 7) is 0. The highest BCUT2D eigenvalue weighted by molar-refractivity contribution is 6.32. The Morgan fingerprint density at radius 3 is 1.62 bits per heavy atom. The predicted molar refractivity (Wildman–Crippen MR) is 51.2 cm³/mol. The van der Waals surface area contributed by atoms with Crippen molar-refractivity contribution in [1.82, 2.24) is 0 Å². The van der Waals surface area contributed by atoms with Crippen LogP contribution in [0.3, 0.4) is 0 Å². The lowest BCUT2D eigenvalue weighted by molar-refractivity contribution is 0.415. The lowest BCUT2D eigenvalue weighted by Gasteiger charge is -1.97. The molecule has 0 aliphatic heterocycles. The Balaban J connectivity index is -0.000000101. The van der Waals surface area contributed by atoms with Crippen molar-refractivity contribution in [3.05, 3.63) is 24.3 Å². The van der Waals surface area contributed by atoms with E-state index in [9.17, 15) is 0 Å². The van der Waals surface area contributed by atoms with Gasteiger partial charge in [-0.15, -0.1) is 0 Å². The van der Waals surface area contributed by atoms with Crippen LogP contribution in [0.5, 0.6) is 5.75 Å². The van der Waals surface area contributed by atoms with Gasteiger partial charge in [0.05, 0.1) is 7.11 Å². The van der Waals surface area contributed by atoms with Gasteiger partial charge in [0.25, 0.3) is 0 Å². The second kappa shape index (κ2) is 10.8. The van der Waals surface area contributed by atoms with Crippen molar-refractivity contribution in [2.75, 3.05) is 7.11 Å². The molecule has 1 aromatic rings. The summed E-state index contributed by atoms with van der Waals surface area (Å²) in [4.78, 5) is 0. The predicted octanol–water partition coefficient (Wildman–Crippen LogP) is 0.564. The van der Waals surface area contributed by atoms with Crippen molar-refractivity contribution >= 4 is 13.3 Å². The van der Waals surface area contributed by atoms with Crippen LogP contribution < -0.4 is 10.2 Å². The molecule has 0 atom stereocenters. The summed E-state index contributed by atoms with van der Waals surface area (Å²) < 4.78 is 4.97. The molecular weight excluding hydrogens is 187 g/mol. The smallest absolute Gasteiger partial charge is 0.139 e. The molecule has 0 fully saturated rings. The maximum atomic E-state index is 4.97. The quantitative estimate of drug-likeness (QED) is 0.475. The summed E-state index contributed by atoms with van der Waals surface area (Å²) in [7, 11) is 3.73. The van der Waals surface area contributed by atoms with Crippen LogP contribution >= 0.6 is 0 Å². The van der Waals surface area contributed by atoms with Crippen LogP contribution in [0.25, 0.3) is 0 Å². The summed E-state index contributed by atoms with van der Waals surface area (Å²) in [6.07, 6.45) is 0. The Morgan fingerprint density at radius 2 is 1.31 bits per heavy atom. The number of methoxy groups -OCH3 is 1. The third-order valence-electron chi connectivity index (χ3n) is 1.26. The van der Waals surface area contributed by atoms with E-state index < -0.39 is 0 Å². The van der Waals surface area contributed by atoms with Crippen LogP contribution in [-0.2, 0) is 0 Å². The largest absolute Gasteiger partial charge is 0.497 e. The maximum absolute atomic E-state index is 4.97. The standard InChI is InChI=1S/C7H9BO.4FH/c1-9-7-4-2-6(8)3-5-7;;;;/h2-5H,8H2,1H3;4*1H. The first-order chi connectivity index (χ1) is 4.33. The Labute approximate surface area is 75.0 Å². The summed E-state index contributed by atoms with van der Waals surface area (Å²) in [5.74, 6) is 0.917. The van der Waals surface area contributed by atoms with Crippen molar-refractivity contribution in [3.8, 4) is 5.75 Å². The number of benzene rings is 1. The topological polar surface area (TPSA) is 9.23 Å². The fourth-order valence-corrected chi connectivity index (χ4v) is 0.674. The average Bonchev–Trinajstić information content (AvgIpc) is 1.90. The molecular formula is C7H13BF4O. The number of hydrogen-bond donors (Lipinski definition) is 0. The molecule has 78 valence electrons. The van der Waals surface area contributed by atoms with E-state index in [2.05, 4.69) is 7.85 Å². The molecule has 0 heterocycles. The van der Waals surface area contributed by atoms with Crippen molar-refractivity contribution in [1.29, 1.82) is 0 Å². The molecule has 0 amide bonds. The minimum Gasteiger partial charge on any atom is -0.497 e. The molecule has 0 bridgehead atoms. The van der Waals surface area contributed by atoms with Gasteiger partial charge in [-0.1, -0.05) is 17.6 Å². The SMILES string of the molecule is Bc1ccc(OC)cc1.F.F.F.F. The van der Waals surface area contributed by atoms with Gasteiger partial charge in [-0.2, -0.15) is 0 Å². The molecule has 0 radical (unpaired) electrons. The Hall–Kier alpha value is -1.20. The highest BCUT2D eigenvalue weighted by Gasteiger charge is 1.85. The van der Waals surface area contributed by atoms with Crippen LogP contribution in [0.1, 0.15) is 0 Å². The van der Waals surface area contributed by atoms with E-state index in [1.54, 1.807) is 7.11 Å².